The molecule has 10 nitrogen and oxygen atoms in total. The Kier molecular flexibility index (Phi) is 10.2. The minimum atomic E-state index is -3.99. The van der Waals surface area contributed by atoms with Crippen molar-refractivity contribution in [2.75, 3.05) is 10.6 Å². The van der Waals surface area contributed by atoms with Gasteiger partial charge in [0, 0.05) is 23.5 Å². The molecular formula is C28H24Cl2N4O6S2. The number of carboxylic acids is 1. The van der Waals surface area contributed by atoms with E-state index < -0.39 is 34.0 Å². The molecule has 4 rings (SSSR count). The molecule has 218 valence electrons. The van der Waals surface area contributed by atoms with E-state index in [2.05, 4.69) is 20.7 Å². The molecule has 0 saturated carbocycles. The van der Waals surface area contributed by atoms with Gasteiger partial charge in [0.15, 0.2) is 0 Å². The zero-order valence-electron chi connectivity index (χ0n) is 21.6. The van der Waals surface area contributed by atoms with E-state index in [1.165, 1.54) is 29.5 Å². The fourth-order valence-corrected chi connectivity index (χ4v) is 6.32. The quantitative estimate of drug-likeness (QED) is 0.143. The molecule has 0 spiro atoms. The number of anilines is 2. The van der Waals surface area contributed by atoms with Crippen LogP contribution in [0.2, 0.25) is 10.0 Å². The average molecular weight is 648 g/mol. The maximum absolute atomic E-state index is 12.9. The van der Waals surface area contributed by atoms with Crippen LogP contribution in [0.5, 0.6) is 0 Å². The Bertz CT molecular complexity index is 1680. The molecule has 1 aromatic heterocycles. The molecule has 1 heterocycles. The van der Waals surface area contributed by atoms with Crippen LogP contribution < -0.4 is 20.7 Å². The molecule has 0 aliphatic heterocycles. The normalized spacial score (nSPS) is 11.9. The summed E-state index contributed by atoms with van der Waals surface area (Å²) in [5.41, 5.74) is 1.08. The van der Waals surface area contributed by atoms with Crippen LogP contribution in [-0.4, -0.2) is 37.5 Å². The summed E-state index contributed by atoms with van der Waals surface area (Å²) in [4.78, 5) is 37.9. The molecule has 1 atom stereocenters. The van der Waals surface area contributed by atoms with Gasteiger partial charge in [-0.25, -0.2) is 22.7 Å². The molecule has 5 N–H and O–H groups in total. The van der Waals surface area contributed by atoms with Crippen molar-refractivity contribution in [3.8, 4) is 0 Å². The third-order valence-corrected chi connectivity index (χ3v) is 8.85. The van der Waals surface area contributed by atoms with Crippen LogP contribution >= 0.6 is 34.5 Å². The molecule has 14 heteroatoms. The van der Waals surface area contributed by atoms with Crippen molar-refractivity contribution in [1.82, 2.24) is 10.0 Å². The number of halogens is 2. The number of hydrogen-bond donors (Lipinski definition) is 5. The molecule has 3 aromatic carbocycles. The highest BCUT2D eigenvalue weighted by molar-refractivity contribution is 7.89. The van der Waals surface area contributed by atoms with Crippen molar-refractivity contribution in [2.24, 2.45) is 0 Å². The molecule has 0 fully saturated rings. The zero-order chi connectivity index (χ0) is 30.3. The van der Waals surface area contributed by atoms with Crippen LogP contribution in [0.3, 0.4) is 0 Å². The SMILES string of the molecule is O=C(Nc1ccccc1S(=O)(=O)NCc1cccs1)NC(Cc1ccc(NC(=O)c2c(Cl)cccc2Cl)cc1)C(=O)O. The predicted octanol–water partition coefficient (Wildman–Crippen LogP) is 5.60. The summed E-state index contributed by atoms with van der Waals surface area (Å²) in [7, 11) is -3.99. The van der Waals surface area contributed by atoms with Crippen molar-refractivity contribution in [2.45, 2.75) is 23.9 Å². The summed E-state index contributed by atoms with van der Waals surface area (Å²) < 4.78 is 28.3. The number of carboxylic acid groups (broad SMARTS) is 1. The number of carbonyl (C=O) groups is 3. The summed E-state index contributed by atoms with van der Waals surface area (Å²) in [6.07, 6.45) is -0.0877. The lowest BCUT2D eigenvalue weighted by Crippen LogP contribution is -2.44. The van der Waals surface area contributed by atoms with Gasteiger partial charge in [-0.3, -0.25) is 4.79 Å². The Morgan fingerprint density at radius 1 is 0.857 bits per heavy atom. The highest BCUT2D eigenvalue weighted by Crippen LogP contribution is 2.26. The predicted molar refractivity (Wildman–Crippen MR) is 163 cm³/mol. The van der Waals surface area contributed by atoms with Gasteiger partial charge in [-0.2, -0.15) is 0 Å². The largest absolute Gasteiger partial charge is 0.480 e. The molecule has 0 saturated heterocycles. The lowest BCUT2D eigenvalue weighted by Gasteiger charge is -2.17. The van der Waals surface area contributed by atoms with Gasteiger partial charge in [-0.15, -0.1) is 11.3 Å². The summed E-state index contributed by atoms with van der Waals surface area (Å²) >= 11 is 13.6. The summed E-state index contributed by atoms with van der Waals surface area (Å²) in [5.74, 6) is -1.81. The first-order chi connectivity index (χ1) is 20.0. The van der Waals surface area contributed by atoms with E-state index >= 15 is 0 Å². The van der Waals surface area contributed by atoms with Crippen LogP contribution in [0.25, 0.3) is 0 Å². The van der Waals surface area contributed by atoms with Crippen LogP contribution in [-0.2, 0) is 27.8 Å². The van der Waals surface area contributed by atoms with Gasteiger partial charge in [0.1, 0.15) is 10.9 Å². The first kappa shape index (κ1) is 31.0. The topological polar surface area (TPSA) is 154 Å². The van der Waals surface area contributed by atoms with Gasteiger partial charge >= 0.3 is 12.0 Å². The summed E-state index contributed by atoms with van der Waals surface area (Å²) in [5, 5.41) is 19.4. The number of aliphatic carboxylic acids is 1. The number of thiophene rings is 1. The second kappa shape index (κ2) is 13.8. The van der Waals surface area contributed by atoms with E-state index in [4.69, 9.17) is 23.2 Å². The fraction of sp³-hybridized carbons (Fsp3) is 0.107. The zero-order valence-corrected chi connectivity index (χ0v) is 24.8. The second-order valence-electron chi connectivity index (χ2n) is 8.84. The lowest BCUT2D eigenvalue weighted by atomic mass is 10.1. The molecule has 1 unspecified atom stereocenters. The Balaban J connectivity index is 1.39. The van der Waals surface area contributed by atoms with Gasteiger partial charge < -0.3 is 21.1 Å². The maximum atomic E-state index is 12.9. The monoisotopic (exact) mass is 646 g/mol. The van der Waals surface area contributed by atoms with E-state index in [9.17, 15) is 27.9 Å². The highest BCUT2D eigenvalue weighted by Gasteiger charge is 2.23. The number of urea groups is 1. The molecule has 0 radical (unpaired) electrons. The van der Waals surface area contributed by atoms with E-state index in [0.717, 1.165) is 4.88 Å². The number of amides is 3. The van der Waals surface area contributed by atoms with Crippen LogP contribution in [0.1, 0.15) is 20.8 Å². The van der Waals surface area contributed by atoms with Crippen LogP contribution in [0.4, 0.5) is 16.2 Å². The Hall–Kier alpha value is -3.94. The van der Waals surface area contributed by atoms with Crippen molar-refractivity contribution in [3.05, 3.63) is 110 Å². The third-order valence-electron chi connectivity index (χ3n) is 5.89. The number of carbonyl (C=O) groups excluding carboxylic acids is 2. The molecule has 0 aliphatic rings. The molecule has 4 aromatic rings. The number of hydrogen-bond acceptors (Lipinski definition) is 6. The maximum Gasteiger partial charge on any atom is 0.326 e. The molecular weight excluding hydrogens is 623 g/mol. The van der Waals surface area contributed by atoms with Gasteiger partial charge in [0.2, 0.25) is 10.0 Å². The minimum Gasteiger partial charge on any atom is -0.480 e. The van der Waals surface area contributed by atoms with Crippen molar-refractivity contribution in [3.63, 3.8) is 0 Å². The van der Waals surface area contributed by atoms with E-state index in [-0.39, 0.29) is 39.2 Å². The number of nitrogens with one attached hydrogen (secondary N) is 4. The smallest absolute Gasteiger partial charge is 0.326 e. The van der Waals surface area contributed by atoms with Crippen molar-refractivity contribution in [1.29, 1.82) is 0 Å². The molecule has 0 aliphatic carbocycles. The number of benzene rings is 3. The van der Waals surface area contributed by atoms with Gasteiger partial charge in [-0.1, -0.05) is 59.6 Å². The van der Waals surface area contributed by atoms with E-state index in [1.54, 1.807) is 60.7 Å². The van der Waals surface area contributed by atoms with Gasteiger partial charge in [-0.05, 0) is 53.4 Å². The highest BCUT2D eigenvalue weighted by atomic mass is 35.5. The third kappa shape index (κ3) is 8.08. The second-order valence-corrected chi connectivity index (χ2v) is 12.4. The van der Waals surface area contributed by atoms with E-state index in [0.29, 0.717) is 11.3 Å². The average Bonchev–Trinajstić information content (AvgIpc) is 3.47. The van der Waals surface area contributed by atoms with Crippen LogP contribution in [0, 0.1) is 0 Å². The number of rotatable bonds is 11. The van der Waals surface area contributed by atoms with Gasteiger partial charge in [0.05, 0.1) is 21.3 Å². The Morgan fingerprint density at radius 3 is 2.19 bits per heavy atom. The van der Waals surface area contributed by atoms with Crippen molar-refractivity contribution >= 4 is 73.8 Å². The number of para-hydroxylation sites is 1. The summed E-state index contributed by atoms with van der Waals surface area (Å²) in [6.45, 7) is 0.0812. The lowest BCUT2D eigenvalue weighted by molar-refractivity contribution is -0.139. The number of sulfonamides is 1. The van der Waals surface area contributed by atoms with Crippen LogP contribution in [0.15, 0.2) is 89.1 Å². The molecule has 42 heavy (non-hydrogen) atoms. The summed E-state index contributed by atoms with van der Waals surface area (Å²) in [6, 6.07) is 18.2. The minimum absolute atomic E-state index is 0.0171. The fourth-order valence-electron chi connectivity index (χ4n) is 3.85. The Labute approximate surface area is 255 Å². The molecule has 3 amide bonds. The first-order valence-electron chi connectivity index (χ1n) is 12.3. The molecule has 0 bridgehead atoms. The Morgan fingerprint density at radius 2 is 1.55 bits per heavy atom. The van der Waals surface area contributed by atoms with Crippen molar-refractivity contribution < 1.29 is 27.9 Å². The standard InChI is InChI=1S/C28H24Cl2N4O6S2/c29-20-6-3-7-21(30)25(20)26(35)32-18-12-10-17(11-13-18)15-23(27(36)37)34-28(38)33-22-8-1-2-9-24(22)42(39,40)31-16-19-5-4-14-41-19/h1-14,23,31H,15-16H2,(H,32,35)(H,36,37)(H2,33,34,38). The van der Waals surface area contributed by atoms with Gasteiger partial charge in [0.25, 0.3) is 5.91 Å². The van der Waals surface area contributed by atoms with E-state index in [1.807, 2.05) is 5.38 Å². The first-order valence-corrected chi connectivity index (χ1v) is 15.4.